The molecular weight excluding hydrogens is 179 g/mol. The average molecular weight is 184 g/mol. The lowest BCUT2D eigenvalue weighted by atomic mass is 9.92. The van der Waals surface area contributed by atoms with Crippen molar-refractivity contribution in [2.24, 2.45) is 0 Å². The maximum absolute atomic E-state index is 10.7. The first-order valence-corrected chi connectivity index (χ1v) is 3.98. The van der Waals surface area contributed by atoms with E-state index in [0.717, 1.165) is 0 Å². The smallest absolute Gasteiger partial charge is 0.258 e. The summed E-state index contributed by atoms with van der Waals surface area (Å²) in [6.45, 7) is 0. The first-order valence-electron chi connectivity index (χ1n) is 3.98. The zero-order chi connectivity index (χ0) is 10.1. The zero-order valence-electron chi connectivity index (χ0n) is 7.18. The van der Waals surface area contributed by atoms with Crippen molar-refractivity contribution in [1.29, 1.82) is 0 Å². The summed E-state index contributed by atoms with van der Waals surface area (Å²) < 4.78 is 0. The Morgan fingerprint density at radius 1 is 1.36 bits per heavy atom. The number of nitro groups is 1. The van der Waals surface area contributed by atoms with Gasteiger partial charge in [-0.15, -0.1) is 0 Å². The molecule has 0 unspecified atom stereocenters. The van der Waals surface area contributed by atoms with Crippen molar-refractivity contribution >= 4 is 29.9 Å². The summed E-state index contributed by atoms with van der Waals surface area (Å²) in [5, 5.41) is 11.2. The third kappa shape index (κ3) is 1.23. The van der Waals surface area contributed by atoms with Crippen LogP contribution in [0.4, 0.5) is 5.69 Å². The summed E-state index contributed by atoms with van der Waals surface area (Å²) in [4.78, 5) is 14.3. The fourth-order valence-electron chi connectivity index (χ4n) is 1.36. The molecule has 0 saturated heterocycles. The molecule has 4 nitrogen and oxygen atoms in total. The van der Waals surface area contributed by atoms with Gasteiger partial charge in [-0.1, -0.05) is 6.07 Å². The molecule has 0 aliphatic rings. The SMILES string of the molecule is [B]c1ccc2ncccc2c1[N+](=O)[O-]. The van der Waals surface area contributed by atoms with Crippen LogP contribution in [-0.2, 0) is 0 Å². The summed E-state index contributed by atoms with van der Waals surface area (Å²) in [6, 6.07) is 6.44. The van der Waals surface area contributed by atoms with Crippen LogP contribution in [0.25, 0.3) is 10.9 Å². The Morgan fingerprint density at radius 3 is 2.86 bits per heavy atom. The highest BCUT2D eigenvalue weighted by atomic mass is 16.6. The van der Waals surface area contributed by atoms with Gasteiger partial charge in [-0.05, 0) is 23.7 Å². The monoisotopic (exact) mass is 184 g/mol. The summed E-state index contributed by atoms with van der Waals surface area (Å²) in [7, 11) is 5.52. The van der Waals surface area contributed by atoms with Crippen LogP contribution in [0.5, 0.6) is 0 Å². The first-order chi connectivity index (χ1) is 6.70. The summed E-state index contributed by atoms with van der Waals surface area (Å²) in [5.41, 5.74) is 0.666. The molecule has 14 heavy (non-hydrogen) atoms. The molecule has 2 rings (SSSR count). The van der Waals surface area contributed by atoms with E-state index in [-0.39, 0.29) is 11.2 Å². The van der Waals surface area contributed by atoms with Crippen molar-refractivity contribution in [3.05, 3.63) is 40.6 Å². The van der Waals surface area contributed by atoms with Crippen LogP contribution in [0.2, 0.25) is 0 Å². The van der Waals surface area contributed by atoms with Gasteiger partial charge in [0.1, 0.15) is 7.85 Å². The fourth-order valence-corrected chi connectivity index (χ4v) is 1.36. The van der Waals surface area contributed by atoms with E-state index in [1.54, 1.807) is 24.4 Å². The Morgan fingerprint density at radius 2 is 2.14 bits per heavy atom. The minimum atomic E-state index is -0.487. The lowest BCUT2D eigenvalue weighted by molar-refractivity contribution is -0.381. The van der Waals surface area contributed by atoms with Crippen LogP contribution in [0.3, 0.4) is 0 Å². The van der Waals surface area contributed by atoms with Crippen LogP contribution in [0, 0.1) is 10.1 Å². The lowest BCUT2D eigenvalue weighted by Crippen LogP contribution is -2.09. The highest BCUT2D eigenvalue weighted by Crippen LogP contribution is 2.20. The van der Waals surface area contributed by atoms with Gasteiger partial charge in [-0.3, -0.25) is 15.1 Å². The van der Waals surface area contributed by atoms with Crippen molar-refractivity contribution < 1.29 is 4.92 Å². The molecule has 0 aliphatic carbocycles. The fraction of sp³-hybridized carbons (Fsp3) is 0. The molecule has 66 valence electrons. The number of pyridine rings is 1. The number of hydrogen-bond acceptors (Lipinski definition) is 3. The van der Waals surface area contributed by atoms with Gasteiger partial charge in [-0.25, -0.2) is 0 Å². The van der Waals surface area contributed by atoms with Crippen LogP contribution >= 0.6 is 0 Å². The second-order valence-corrected chi connectivity index (χ2v) is 2.83. The predicted molar refractivity (Wildman–Crippen MR) is 53.8 cm³/mol. The maximum Gasteiger partial charge on any atom is 0.271 e. The Kier molecular flexibility index (Phi) is 1.92. The normalized spacial score (nSPS) is 10.3. The molecule has 0 N–H and O–H groups in total. The maximum atomic E-state index is 10.7. The molecule has 1 aromatic heterocycles. The van der Waals surface area contributed by atoms with Crippen molar-refractivity contribution in [3.8, 4) is 0 Å². The number of benzene rings is 1. The largest absolute Gasteiger partial charge is 0.271 e. The number of nitro benzene ring substituents is 1. The average Bonchev–Trinajstić information content (AvgIpc) is 2.17. The van der Waals surface area contributed by atoms with Crippen LogP contribution < -0.4 is 5.46 Å². The van der Waals surface area contributed by atoms with E-state index in [9.17, 15) is 10.1 Å². The molecule has 1 aromatic carbocycles. The van der Waals surface area contributed by atoms with Crippen molar-refractivity contribution in [2.75, 3.05) is 0 Å². The van der Waals surface area contributed by atoms with E-state index < -0.39 is 4.92 Å². The number of aromatic nitrogens is 1. The molecule has 0 amide bonds. The van der Waals surface area contributed by atoms with Crippen LogP contribution in [0.1, 0.15) is 0 Å². The molecule has 2 aromatic rings. The number of hydrogen-bond donors (Lipinski definition) is 0. The molecule has 5 heteroatoms. The Balaban J connectivity index is 2.90. The van der Waals surface area contributed by atoms with Gasteiger partial charge >= 0.3 is 0 Å². The van der Waals surface area contributed by atoms with E-state index in [1.165, 1.54) is 6.07 Å². The van der Waals surface area contributed by atoms with Gasteiger partial charge < -0.3 is 0 Å². The molecule has 0 atom stereocenters. The van der Waals surface area contributed by atoms with Gasteiger partial charge in [-0.2, -0.15) is 0 Å². The van der Waals surface area contributed by atoms with E-state index in [4.69, 9.17) is 7.85 Å². The minimum absolute atomic E-state index is 0.0735. The molecule has 2 radical (unpaired) electrons. The molecular formula is C9H5BN2O2. The third-order valence-electron chi connectivity index (χ3n) is 1.97. The van der Waals surface area contributed by atoms with Gasteiger partial charge in [0.25, 0.3) is 5.69 Å². The quantitative estimate of drug-likeness (QED) is 0.376. The third-order valence-corrected chi connectivity index (χ3v) is 1.97. The van der Waals surface area contributed by atoms with E-state index in [0.29, 0.717) is 10.9 Å². The van der Waals surface area contributed by atoms with Gasteiger partial charge in [0.2, 0.25) is 0 Å². The summed E-state index contributed by atoms with van der Waals surface area (Å²) in [6.07, 6.45) is 1.59. The molecule has 0 saturated carbocycles. The molecule has 0 fully saturated rings. The van der Waals surface area contributed by atoms with Crippen molar-refractivity contribution in [1.82, 2.24) is 4.98 Å². The Hall–Kier alpha value is -1.91. The van der Waals surface area contributed by atoms with Crippen molar-refractivity contribution in [2.45, 2.75) is 0 Å². The van der Waals surface area contributed by atoms with Gasteiger partial charge in [0.05, 0.1) is 15.8 Å². The molecule has 0 spiro atoms. The highest BCUT2D eigenvalue weighted by molar-refractivity contribution is 6.36. The first kappa shape index (κ1) is 8.68. The van der Waals surface area contributed by atoms with E-state index in [1.807, 2.05) is 0 Å². The topological polar surface area (TPSA) is 56.0 Å². The predicted octanol–water partition coefficient (Wildman–Crippen LogP) is 0.937. The van der Waals surface area contributed by atoms with E-state index in [2.05, 4.69) is 4.98 Å². The second kappa shape index (κ2) is 3.10. The lowest BCUT2D eigenvalue weighted by Gasteiger charge is -2.01. The summed E-state index contributed by atoms with van der Waals surface area (Å²) >= 11 is 0. The summed E-state index contributed by atoms with van der Waals surface area (Å²) in [5.74, 6) is 0. The zero-order valence-corrected chi connectivity index (χ0v) is 7.18. The van der Waals surface area contributed by atoms with E-state index >= 15 is 0 Å². The van der Waals surface area contributed by atoms with Gasteiger partial charge in [0.15, 0.2) is 0 Å². The number of fused-ring (bicyclic) bond motifs is 1. The second-order valence-electron chi connectivity index (χ2n) is 2.83. The Bertz CT molecular complexity index is 513. The molecule has 1 heterocycles. The van der Waals surface area contributed by atoms with Crippen molar-refractivity contribution in [3.63, 3.8) is 0 Å². The standard InChI is InChI=1S/C9H5BN2O2/c10-7-3-4-8-6(2-1-5-11-8)9(7)12(13)14/h1-5H. The minimum Gasteiger partial charge on any atom is -0.258 e. The van der Waals surface area contributed by atoms with Crippen LogP contribution in [-0.4, -0.2) is 17.8 Å². The highest BCUT2D eigenvalue weighted by Gasteiger charge is 2.14. The Labute approximate surface area is 81.1 Å². The molecule has 0 bridgehead atoms. The van der Waals surface area contributed by atoms with Crippen LogP contribution in [0.15, 0.2) is 30.5 Å². The number of rotatable bonds is 1. The molecule has 0 aliphatic heterocycles. The van der Waals surface area contributed by atoms with Gasteiger partial charge in [0, 0.05) is 6.20 Å². The number of nitrogens with zero attached hydrogens (tertiary/aromatic N) is 2.